The number of hydrogen-bond acceptors (Lipinski definition) is 3. The van der Waals surface area contributed by atoms with Gasteiger partial charge in [0.15, 0.2) is 0 Å². The minimum atomic E-state index is -0.0888. The summed E-state index contributed by atoms with van der Waals surface area (Å²) in [6, 6.07) is 6.71. The third-order valence-corrected chi connectivity index (χ3v) is 2.59. The molecule has 0 spiro atoms. The van der Waals surface area contributed by atoms with Gasteiger partial charge in [0.2, 0.25) is 5.91 Å². The summed E-state index contributed by atoms with van der Waals surface area (Å²) in [7, 11) is 0. The molecule has 4 nitrogen and oxygen atoms in total. The molecule has 1 rings (SSSR count). The van der Waals surface area contributed by atoms with Gasteiger partial charge in [0, 0.05) is 6.54 Å². The molecule has 1 amide bonds. The Morgan fingerprint density at radius 1 is 1.47 bits per heavy atom. The standard InChI is InChI=1S/C13H20N2O2/c1-13(2,8-14)9-15-12(17)7-10-4-3-5-11(16)6-10/h3-6,16H,7-9,14H2,1-2H3,(H,15,17). The summed E-state index contributed by atoms with van der Waals surface area (Å²) in [5, 5.41) is 12.1. The molecule has 0 fully saturated rings. The van der Waals surface area contributed by atoms with E-state index in [1.54, 1.807) is 18.2 Å². The number of nitrogens with one attached hydrogen (secondary N) is 1. The molecule has 0 aromatic heterocycles. The molecule has 1 aromatic rings. The lowest BCUT2D eigenvalue weighted by atomic mass is 9.94. The highest BCUT2D eigenvalue weighted by molar-refractivity contribution is 5.78. The van der Waals surface area contributed by atoms with Crippen LogP contribution >= 0.6 is 0 Å². The number of carbonyl (C=O) groups is 1. The third-order valence-electron chi connectivity index (χ3n) is 2.59. The van der Waals surface area contributed by atoms with Crippen molar-refractivity contribution in [3.8, 4) is 5.75 Å². The molecule has 17 heavy (non-hydrogen) atoms. The predicted molar refractivity (Wildman–Crippen MR) is 67.7 cm³/mol. The zero-order valence-corrected chi connectivity index (χ0v) is 10.4. The molecule has 0 aliphatic rings. The molecule has 0 aliphatic heterocycles. The van der Waals surface area contributed by atoms with E-state index in [-0.39, 0.29) is 23.5 Å². The number of aromatic hydroxyl groups is 1. The number of rotatable bonds is 5. The fraction of sp³-hybridized carbons (Fsp3) is 0.462. The number of carbonyl (C=O) groups excluding carboxylic acids is 1. The Hall–Kier alpha value is -1.55. The van der Waals surface area contributed by atoms with Crippen LogP contribution in [0.15, 0.2) is 24.3 Å². The fourth-order valence-electron chi connectivity index (χ4n) is 1.32. The molecule has 4 N–H and O–H groups in total. The van der Waals surface area contributed by atoms with Gasteiger partial charge in [-0.15, -0.1) is 0 Å². The molecule has 0 atom stereocenters. The zero-order valence-electron chi connectivity index (χ0n) is 10.4. The summed E-state index contributed by atoms with van der Waals surface area (Å²) in [6.07, 6.45) is 0.273. The first-order valence-corrected chi connectivity index (χ1v) is 5.68. The second-order valence-corrected chi connectivity index (χ2v) is 4.99. The highest BCUT2D eigenvalue weighted by Crippen LogP contribution is 2.12. The monoisotopic (exact) mass is 236 g/mol. The Morgan fingerprint density at radius 2 is 2.18 bits per heavy atom. The predicted octanol–water partition coefficient (Wildman–Crippen LogP) is 1.04. The van der Waals surface area contributed by atoms with Crippen LogP contribution in [-0.2, 0) is 11.2 Å². The lowest BCUT2D eigenvalue weighted by Gasteiger charge is -2.22. The Kier molecular flexibility index (Phi) is 4.52. The lowest BCUT2D eigenvalue weighted by Crippen LogP contribution is -2.39. The third kappa shape index (κ3) is 4.87. The maximum atomic E-state index is 11.7. The number of phenols is 1. The first-order chi connectivity index (χ1) is 7.93. The number of hydrogen-bond donors (Lipinski definition) is 3. The SMILES string of the molecule is CC(C)(CN)CNC(=O)Cc1cccc(O)c1. The van der Waals surface area contributed by atoms with Gasteiger partial charge >= 0.3 is 0 Å². The highest BCUT2D eigenvalue weighted by Gasteiger charge is 2.16. The first-order valence-electron chi connectivity index (χ1n) is 5.68. The Balaban J connectivity index is 2.45. The molecule has 0 radical (unpaired) electrons. The molecule has 0 bridgehead atoms. The van der Waals surface area contributed by atoms with Gasteiger partial charge in [-0.05, 0) is 29.7 Å². The minimum absolute atomic E-state index is 0.0582. The number of phenolic OH excluding ortho intramolecular Hbond substituents is 1. The van der Waals surface area contributed by atoms with E-state index in [1.807, 2.05) is 19.9 Å². The van der Waals surface area contributed by atoms with Gasteiger partial charge in [-0.1, -0.05) is 26.0 Å². The summed E-state index contributed by atoms with van der Waals surface area (Å²) in [5.41, 5.74) is 6.29. The highest BCUT2D eigenvalue weighted by atomic mass is 16.3. The summed E-state index contributed by atoms with van der Waals surface area (Å²) < 4.78 is 0. The Morgan fingerprint density at radius 3 is 2.76 bits per heavy atom. The van der Waals surface area contributed by atoms with Crippen molar-refractivity contribution < 1.29 is 9.90 Å². The molecule has 0 aliphatic carbocycles. The van der Waals surface area contributed by atoms with E-state index < -0.39 is 0 Å². The van der Waals surface area contributed by atoms with Gasteiger partial charge < -0.3 is 16.2 Å². The Bertz CT molecular complexity index is 389. The fourth-order valence-corrected chi connectivity index (χ4v) is 1.32. The van der Waals surface area contributed by atoms with Gasteiger partial charge in [-0.3, -0.25) is 4.79 Å². The molecule has 0 saturated carbocycles. The van der Waals surface area contributed by atoms with Crippen molar-refractivity contribution in [2.45, 2.75) is 20.3 Å². The van der Waals surface area contributed by atoms with Crippen molar-refractivity contribution in [2.24, 2.45) is 11.1 Å². The van der Waals surface area contributed by atoms with Crippen LogP contribution in [0.25, 0.3) is 0 Å². The zero-order chi connectivity index (χ0) is 12.9. The minimum Gasteiger partial charge on any atom is -0.508 e. The second kappa shape index (κ2) is 5.68. The molecular formula is C13H20N2O2. The maximum Gasteiger partial charge on any atom is 0.224 e. The Labute approximate surface area is 102 Å². The largest absolute Gasteiger partial charge is 0.508 e. The van der Waals surface area contributed by atoms with E-state index in [4.69, 9.17) is 5.73 Å². The van der Waals surface area contributed by atoms with Crippen LogP contribution < -0.4 is 11.1 Å². The van der Waals surface area contributed by atoms with Crippen LogP contribution in [0, 0.1) is 5.41 Å². The van der Waals surface area contributed by atoms with Crippen LogP contribution in [0.3, 0.4) is 0 Å². The summed E-state index contributed by atoms with van der Waals surface area (Å²) in [6.45, 7) is 5.09. The molecule has 94 valence electrons. The summed E-state index contributed by atoms with van der Waals surface area (Å²) in [5.74, 6) is 0.120. The van der Waals surface area contributed by atoms with Crippen molar-refractivity contribution in [1.29, 1.82) is 0 Å². The van der Waals surface area contributed by atoms with Crippen LogP contribution in [0.1, 0.15) is 19.4 Å². The van der Waals surface area contributed by atoms with Crippen LogP contribution in [-0.4, -0.2) is 24.1 Å². The lowest BCUT2D eigenvalue weighted by molar-refractivity contribution is -0.120. The first kappa shape index (κ1) is 13.5. The van der Waals surface area contributed by atoms with Crippen LogP contribution in [0.2, 0.25) is 0 Å². The van der Waals surface area contributed by atoms with Crippen molar-refractivity contribution in [1.82, 2.24) is 5.32 Å². The number of amides is 1. The van der Waals surface area contributed by atoms with Crippen LogP contribution in [0.5, 0.6) is 5.75 Å². The van der Waals surface area contributed by atoms with E-state index in [9.17, 15) is 9.90 Å². The van der Waals surface area contributed by atoms with Gasteiger partial charge in [0.25, 0.3) is 0 Å². The topological polar surface area (TPSA) is 75.3 Å². The van der Waals surface area contributed by atoms with Crippen LogP contribution in [0.4, 0.5) is 0 Å². The quantitative estimate of drug-likeness (QED) is 0.715. The van der Waals surface area contributed by atoms with E-state index in [2.05, 4.69) is 5.32 Å². The van der Waals surface area contributed by atoms with Gasteiger partial charge in [-0.25, -0.2) is 0 Å². The van der Waals surface area contributed by atoms with Gasteiger partial charge in [-0.2, -0.15) is 0 Å². The van der Waals surface area contributed by atoms with Gasteiger partial charge in [0.05, 0.1) is 6.42 Å². The number of benzene rings is 1. The summed E-state index contributed by atoms with van der Waals surface area (Å²) in [4.78, 5) is 11.7. The van der Waals surface area contributed by atoms with E-state index in [0.717, 1.165) is 5.56 Å². The smallest absolute Gasteiger partial charge is 0.224 e. The van der Waals surface area contributed by atoms with Gasteiger partial charge in [0.1, 0.15) is 5.75 Å². The van der Waals surface area contributed by atoms with E-state index in [0.29, 0.717) is 13.1 Å². The molecule has 0 saturated heterocycles. The molecule has 1 aromatic carbocycles. The van der Waals surface area contributed by atoms with Crippen molar-refractivity contribution in [3.05, 3.63) is 29.8 Å². The van der Waals surface area contributed by atoms with Crippen molar-refractivity contribution in [2.75, 3.05) is 13.1 Å². The molecule has 4 heteroatoms. The second-order valence-electron chi connectivity index (χ2n) is 4.99. The van der Waals surface area contributed by atoms with Crippen molar-refractivity contribution >= 4 is 5.91 Å². The summed E-state index contributed by atoms with van der Waals surface area (Å²) >= 11 is 0. The average molecular weight is 236 g/mol. The number of nitrogens with two attached hydrogens (primary N) is 1. The van der Waals surface area contributed by atoms with E-state index >= 15 is 0 Å². The maximum absolute atomic E-state index is 11.7. The molecule has 0 heterocycles. The average Bonchev–Trinajstić information content (AvgIpc) is 2.27. The van der Waals surface area contributed by atoms with Crippen molar-refractivity contribution in [3.63, 3.8) is 0 Å². The molecule has 0 unspecified atom stereocenters. The molecular weight excluding hydrogens is 216 g/mol. The normalized spacial score (nSPS) is 11.2. The van der Waals surface area contributed by atoms with E-state index in [1.165, 1.54) is 0 Å².